The van der Waals surface area contributed by atoms with Gasteiger partial charge >= 0.3 is 5.97 Å². The molecule has 5 heteroatoms. The van der Waals surface area contributed by atoms with E-state index in [2.05, 4.69) is 0 Å². The van der Waals surface area contributed by atoms with Gasteiger partial charge in [-0.15, -0.1) is 0 Å². The van der Waals surface area contributed by atoms with Gasteiger partial charge in [-0.3, -0.25) is 9.59 Å². The van der Waals surface area contributed by atoms with E-state index in [0.717, 1.165) is 0 Å². The van der Waals surface area contributed by atoms with Gasteiger partial charge in [-0.1, -0.05) is 0 Å². The minimum atomic E-state index is -0.870. The second-order valence-electron chi connectivity index (χ2n) is 5.34. The molecular weight excluding hydrogens is 246 g/mol. The summed E-state index contributed by atoms with van der Waals surface area (Å²) in [6, 6.07) is 4.57. The lowest BCUT2D eigenvalue weighted by Gasteiger charge is -2.21. The lowest BCUT2D eigenvalue weighted by Crippen LogP contribution is -2.35. The number of phenols is 1. The monoisotopic (exact) mass is 263 g/mol. The molecule has 102 valence electrons. The van der Waals surface area contributed by atoms with Gasteiger partial charge in [0.1, 0.15) is 5.75 Å². The second kappa shape index (κ2) is 4.57. The van der Waals surface area contributed by atoms with Crippen molar-refractivity contribution in [2.24, 2.45) is 5.41 Å². The summed E-state index contributed by atoms with van der Waals surface area (Å²) >= 11 is 0. The molecule has 0 aliphatic carbocycles. The number of hydrogen-bond donors (Lipinski definition) is 2. The standard InChI is InChI=1S/C14H17NO4/c1-9-7-10(16)3-4-11(9)12(17)15-6-5-14(2,8-15)13(18)19/h3-4,7,16H,5-6,8H2,1-2H3,(H,18,19). The molecule has 2 N–H and O–H groups in total. The highest BCUT2D eigenvalue weighted by atomic mass is 16.4. The van der Waals surface area contributed by atoms with E-state index < -0.39 is 11.4 Å². The van der Waals surface area contributed by atoms with Crippen molar-refractivity contribution in [1.29, 1.82) is 0 Å². The molecule has 1 heterocycles. The number of aromatic hydroxyl groups is 1. The first-order valence-electron chi connectivity index (χ1n) is 6.16. The van der Waals surface area contributed by atoms with E-state index in [-0.39, 0.29) is 18.2 Å². The Kier molecular flexibility index (Phi) is 3.22. The van der Waals surface area contributed by atoms with E-state index in [1.165, 1.54) is 12.1 Å². The summed E-state index contributed by atoms with van der Waals surface area (Å²) in [6.07, 6.45) is 0.463. The molecule has 1 unspecified atom stereocenters. The minimum Gasteiger partial charge on any atom is -0.508 e. The van der Waals surface area contributed by atoms with Gasteiger partial charge in [0.2, 0.25) is 0 Å². The van der Waals surface area contributed by atoms with Crippen LogP contribution in [0.4, 0.5) is 0 Å². The average molecular weight is 263 g/mol. The van der Waals surface area contributed by atoms with Crippen LogP contribution in [0.3, 0.4) is 0 Å². The topological polar surface area (TPSA) is 77.8 Å². The third-order valence-electron chi connectivity index (χ3n) is 3.72. The smallest absolute Gasteiger partial charge is 0.311 e. The average Bonchev–Trinajstić information content (AvgIpc) is 2.73. The first-order chi connectivity index (χ1) is 8.83. The van der Waals surface area contributed by atoms with Gasteiger partial charge in [0, 0.05) is 18.7 Å². The lowest BCUT2D eigenvalue weighted by molar-refractivity contribution is -0.147. The highest BCUT2D eigenvalue weighted by Gasteiger charge is 2.42. The Morgan fingerprint density at radius 2 is 2.05 bits per heavy atom. The van der Waals surface area contributed by atoms with Crippen LogP contribution in [-0.4, -0.2) is 40.1 Å². The van der Waals surface area contributed by atoms with Crippen LogP contribution in [-0.2, 0) is 4.79 Å². The van der Waals surface area contributed by atoms with Crippen molar-refractivity contribution >= 4 is 11.9 Å². The number of amides is 1. The molecule has 1 aromatic rings. The second-order valence-corrected chi connectivity index (χ2v) is 5.34. The molecule has 0 aromatic heterocycles. The summed E-state index contributed by atoms with van der Waals surface area (Å²) in [5, 5.41) is 18.5. The van der Waals surface area contributed by atoms with E-state index in [9.17, 15) is 14.7 Å². The Hall–Kier alpha value is -2.04. The number of phenolic OH excluding ortho intramolecular Hbond substituents is 1. The van der Waals surface area contributed by atoms with Crippen LogP contribution in [0.1, 0.15) is 29.3 Å². The molecule has 0 saturated carbocycles. The van der Waals surface area contributed by atoms with Crippen LogP contribution >= 0.6 is 0 Å². The van der Waals surface area contributed by atoms with E-state index in [0.29, 0.717) is 24.1 Å². The molecule has 1 amide bonds. The fourth-order valence-electron chi connectivity index (χ4n) is 2.37. The number of carbonyl (C=O) groups is 2. The molecule has 5 nitrogen and oxygen atoms in total. The molecule has 1 aliphatic heterocycles. The van der Waals surface area contributed by atoms with Crippen molar-refractivity contribution in [2.75, 3.05) is 13.1 Å². The van der Waals surface area contributed by atoms with Crippen molar-refractivity contribution in [2.45, 2.75) is 20.3 Å². The van der Waals surface area contributed by atoms with Crippen molar-refractivity contribution < 1.29 is 19.8 Å². The summed E-state index contributed by atoms with van der Waals surface area (Å²) in [5.41, 5.74) is 0.335. The van der Waals surface area contributed by atoms with Gasteiger partial charge in [-0.05, 0) is 44.0 Å². The van der Waals surface area contributed by atoms with Crippen LogP contribution in [0.2, 0.25) is 0 Å². The largest absolute Gasteiger partial charge is 0.508 e. The summed E-state index contributed by atoms with van der Waals surface area (Å²) in [4.78, 5) is 25.1. The number of aryl methyl sites for hydroxylation is 1. The quantitative estimate of drug-likeness (QED) is 0.850. The van der Waals surface area contributed by atoms with Crippen molar-refractivity contribution in [3.05, 3.63) is 29.3 Å². The van der Waals surface area contributed by atoms with Crippen LogP contribution in [0.5, 0.6) is 5.75 Å². The predicted molar refractivity (Wildman–Crippen MR) is 69.1 cm³/mol. The van der Waals surface area contributed by atoms with Gasteiger partial charge in [0.15, 0.2) is 0 Å². The third-order valence-corrected chi connectivity index (χ3v) is 3.72. The number of carboxylic acid groups (broad SMARTS) is 1. The van der Waals surface area contributed by atoms with Crippen molar-refractivity contribution in [1.82, 2.24) is 4.90 Å². The molecular formula is C14H17NO4. The minimum absolute atomic E-state index is 0.117. The lowest BCUT2D eigenvalue weighted by atomic mass is 9.90. The van der Waals surface area contributed by atoms with E-state index in [1.54, 1.807) is 24.8 Å². The summed E-state index contributed by atoms with van der Waals surface area (Å²) < 4.78 is 0. The van der Waals surface area contributed by atoms with Crippen molar-refractivity contribution in [3.8, 4) is 5.75 Å². The number of hydrogen-bond acceptors (Lipinski definition) is 3. The zero-order valence-electron chi connectivity index (χ0n) is 11.0. The SMILES string of the molecule is Cc1cc(O)ccc1C(=O)N1CCC(C)(C(=O)O)C1. The number of rotatable bonds is 2. The number of likely N-dealkylation sites (tertiary alicyclic amines) is 1. The van der Waals surface area contributed by atoms with E-state index >= 15 is 0 Å². The third kappa shape index (κ3) is 2.41. The molecule has 0 bridgehead atoms. The highest BCUT2D eigenvalue weighted by Crippen LogP contribution is 2.31. The number of benzene rings is 1. The maximum absolute atomic E-state index is 12.3. The Morgan fingerprint density at radius 3 is 2.58 bits per heavy atom. The van der Waals surface area contributed by atoms with Crippen molar-refractivity contribution in [3.63, 3.8) is 0 Å². The van der Waals surface area contributed by atoms with E-state index in [4.69, 9.17) is 5.11 Å². The Labute approximate surface area is 111 Å². The maximum atomic E-state index is 12.3. The zero-order valence-corrected chi connectivity index (χ0v) is 11.0. The maximum Gasteiger partial charge on any atom is 0.311 e. The molecule has 0 spiro atoms. The number of aliphatic carboxylic acids is 1. The number of nitrogens with zero attached hydrogens (tertiary/aromatic N) is 1. The highest BCUT2D eigenvalue weighted by molar-refractivity contribution is 5.96. The number of carboxylic acids is 1. The van der Waals surface area contributed by atoms with Crippen LogP contribution in [0.25, 0.3) is 0 Å². The van der Waals surface area contributed by atoms with Crippen LogP contribution < -0.4 is 0 Å². The molecule has 19 heavy (non-hydrogen) atoms. The normalized spacial score (nSPS) is 22.5. The molecule has 1 saturated heterocycles. The zero-order chi connectivity index (χ0) is 14.2. The molecule has 1 aliphatic rings. The molecule has 0 radical (unpaired) electrons. The van der Waals surface area contributed by atoms with Crippen LogP contribution in [0, 0.1) is 12.3 Å². The summed E-state index contributed by atoms with van der Waals surface area (Å²) in [6.45, 7) is 4.08. The first-order valence-corrected chi connectivity index (χ1v) is 6.16. The van der Waals surface area contributed by atoms with Gasteiger partial charge in [-0.2, -0.15) is 0 Å². The Bertz CT molecular complexity index is 540. The fraction of sp³-hybridized carbons (Fsp3) is 0.429. The van der Waals surface area contributed by atoms with Gasteiger partial charge in [0.05, 0.1) is 5.41 Å². The van der Waals surface area contributed by atoms with Gasteiger partial charge in [0.25, 0.3) is 5.91 Å². The Balaban J connectivity index is 2.20. The molecule has 1 atom stereocenters. The predicted octanol–water partition coefficient (Wildman–Crippen LogP) is 1.64. The Morgan fingerprint density at radius 1 is 1.37 bits per heavy atom. The van der Waals surface area contributed by atoms with E-state index in [1.807, 2.05) is 0 Å². The van der Waals surface area contributed by atoms with Gasteiger partial charge < -0.3 is 15.1 Å². The fourth-order valence-corrected chi connectivity index (χ4v) is 2.37. The first kappa shape index (κ1) is 13.4. The molecule has 2 rings (SSSR count). The van der Waals surface area contributed by atoms with Gasteiger partial charge in [-0.25, -0.2) is 0 Å². The molecule has 1 fully saturated rings. The number of carbonyl (C=O) groups excluding carboxylic acids is 1. The summed E-state index contributed by atoms with van der Waals surface area (Å²) in [7, 11) is 0. The summed E-state index contributed by atoms with van der Waals surface area (Å²) in [5.74, 6) is -0.932. The van der Waals surface area contributed by atoms with Crippen LogP contribution in [0.15, 0.2) is 18.2 Å². The molecule has 1 aromatic carbocycles.